The van der Waals surface area contributed by atoms with Crippen molar-refractivity contribution in [2.24, 2.45) is 5.92 Å². The van der Waals surface area contributed by atoms with Gasteiger partial charge in [-0.05, 0) is 52.2 Å². The highest BCUT2D eigenvalue weighted by Crippen LogP contribution is 2.36. The van der Waals surface area contributed by atoms with Crippen LogP contribution in [0.5, 0.6) is 5.75 Å². The maximum absolute atomic E-state index is 6.01. The number of halogens is 1. The molecular formula is C20H24BrNO. The topological polar surface area (TPSA) is 21.3 Å². The van der Waals surface area contributed by atoms with E-state index < -0.39 is 0 Å². The van der Waals surface area contributed by atoms with E-state index in [0.717, 1.165) is 29.9 Å². The minimum absolute atomic E-state index is 0.0301. The Labute approximate surface area is 147 Å². The molecule has 1 saturated heterocycles. The average molecular weight is 374 g/mol. The number of ether oxygens (including phenoxy) is 1. The number of benzene rings is 2. The maximum atomic E-state index is 6.01. The van der Waals surface area contributed by atoms with Crippen molar-refractivity contribution in [3.8, 4) is 5.75 Å². The summed E-state index contributed by atoms with van der Waals surface area (Å²) < 4.78 is 7.04. The smallest absolute Gasteiger partial charge is 0.133 e. The monoisotopic (exact) mass is 373 g/mol. The van der Waals surface area contributed by atoms with Crippen LogP contribution in [0.25, 0.3) is 0 Å². The fourth-order valence-corrected chi connectivity index (χ4v) is 3.59. The number of hydrogen-bond donors (Lipinski definition) is 1. The van der Waals surface area contributed by atoms with Gasteiger partial charge in [0.15, 0.2) is 0 Å². The van der Waals surface area contributed by atoms with E-state index in [9.17, 15) is 0 Å². The molecule has 1 atom stereocenters. The third-order valence-corrected chi connectivity index (χ3v) is 5.41. The Morgan fingerprint density at radius 1 is 1.13 bits per heavy atom. The van der Waals surface area contributed by atoms with Crippen LogP contribution < -0.4 is 10.1 Å². The third kappa shape index (κ3) is 3.78. The summed E-state index contributed by atoms with van der Waals surface area (Å²) in [5.74, 6) is 1.56. The summed E-state index contributed by atoms with van der Waals surface area (Å²) in [6.07, 6.45) is 1.21. The third-order valence-electron chi connectivity index (χ3n) is 4.79. The second kappa shape index (κ2) is 7.06. The molecule has 1 heterocycles. The molecule has 0 aromatic heterocycles. The van der Waals surface area contributed by atoms with Gasteiger partial charge in [0.2, 0.25) is 0 Å². The van der Waals surface area contributed by atoms with E-state index in [2.05, 4.69) is 83.6 Å². The highest BCUT2D eigenvalue weighted by atomic mass is 79.9. The molecule has 0 spiro atoms. The Kier molecular flexibility index (Phi) is 5.08. The van der Waals surface area contributed by atoms with Crippen LogP contribution in [0.15, 0.2) is 53.0 Å². The molecule has 3 rings (SSSR count). The molecule has 0 radical (unpaired) electrons. The Balaban J connectivity index is 1.75. The van der Waals surface area contributed by atoms with Crippen molar-refractivity contribution in [2.75, 3.05) is 19.7 Å². The van der Waals surface area contributed by atoms with E-state index in [1.807, 2.05) is 0 Å². The van der Waals surface area contributed by atoms with Gasteiger partial charge in [-0.1, -0.05) is 50.2 Å². The number of rotatable bonds is 5. The van der Waals surface area contributed by atoms with Crippen LogP contribution in [0.3, 0.4) is 0 Å². The van der Waals surface area contributed by atoms with Crippen LogP contribution in [0.1, 0.15) is 31.4 Å². The first-order valence-corrected chi connectivity index (χ1v) is 9.06. The SMILES string of the molecule is CC(C)(c1ccccc1)c1ccc(OCC2CCNC2)c(Br)c1. The second-order valence-corrected chi connectivity index (χ2v) is 7.66. The zero-order valence-corrected chi connectivity index (χ0v) is 15.4. The molecule has 122 valence electrons. The summed E-state index contributed by atoms with van der Waals surface area (Å²) in [5.41, 5.74) is 2.57. The number of nitrogens with one attached hydrogen (secondary N) is 1. The zero-order valence-electron chi connectivity index (χ0n) is 13.8. The molecule has 0 bridgehead atoms. The first-order valence-electron chi connectivity index (χ1n) is 8.26. The first kappa shape index (κ1) is 16.5. The van der Waals surface area contributed by atoms with Gasteiger partial charge in [0.25, 0.3) is 0 Å². The van der Waals surface area contributed by atoms with E-state index in [4.69, 9.17) is 4.74 Å². The van der Waals surface area contributed by atoms with Gasteiger partial charge in [0.1, 0.15) is 5.75 Å². The van der Waals surface area contributed by atoms with Gasteiger partial charge in [-0.3, -0.25) is 0 Å². The van der Waals surface area contributed by atoms with Gasteiger partial charge >= 0.3 is 0 Å². The molecule has 1 fully saturated rings. The van der Waals surface area contributed by atoms with Crippen molar-refractivity contribution in [1.82, 2.24) is 5.32 Å². The van der Waals surface area contributed by atoms with E-state index in [1.165, 1.54) is 17.5 Å². The van der Waals surface area contributed by atoms with Gasteiger partial charge < -0.3 is 10.1 Å². The van der Waals surface area contributed by atoms with Gasteiger partial charge in [0.05, 0.1) is 11.1 Å². The predicted molar refractivity (Wildman–Crippen MR) is 99.2 cm³/mol. The molecule has 23 heavy (non-hydrogen) atoms. The molecule has 2 aromatic carbocycles. The van der Waals surface area contributed by atoms with Crippen LogP contribution in [0.2, 0.25) is 0 Å². The summed E-state index contributed by atoms with van der Waals surface area (Å²) in [7, 11) is 0. The molecule has 0 aliphatic carbocycles. The molecule has 2 nitrogen and oxygen atoms in total. The molecule has 1 N–H and O–H groups in total. The largest absolute Gasteiger partial charge is 0.492 e. The van der Waals surface area contributed by atoms with Crippen LogP contribution in [-0.4, -0.2) is 19.7 Å². The Bertz CT molecular complexity index is 648. The first-order chi connectivity index (χ1) is 11.1. The van der Waals surface area contributed by atoms with Gasteiger partial charge in [-0.15, -0.1) is 0 Å². The molecule has 3 heteroatoms. The van der Waals surface area contributed by atoms with Gasteiger partial charge in [0, 0.05) is 17.9 Å². The molecule has 0 saturated carbocycles. The van der Waals surface area contributed by atoms with E-state index in [1.54, 1.807) is 0 Å². The lowest BCUT2D eigenvalue weighted by Crippen LogP contribution is -2.19. The van der Waals surface area contributed by atoms with Crippen molar-refractivity contribution in [3.05, 3.63) is 64.1 Å². The van der Waals surface area contributed by atoms with Crippen LogP contribution in [-0.2, 0) is 5.41 Å². The van der Waals surface area contributed by atoms with Crippen molar-refractivity contribution in [3.63, 3.8) is 0 Å². The minimum atomic E-state index is -0.0301. The van der Waals surface area contributed by atoms with E-state index in [0.29, 0.717) is 5.92 Å². The van der Waals surface area contributed by atoms with Crippen LogP contribution in [0.4, 0.5) is 0 Å². The summed E-state index contributed by atoms with van der Waals surface area (Å²) in [4.78, 5) is 0. The molecular weight excluding hydrogens is 350 g/mol. The Hall–Kier alpha value is -1.32. The lowest BCUT2D eigenvalue weighted by Gasteiger charge is -2.27. The van der Waals surface area contributed by atoms with Crippen LogP contribution >= 0.6 is 15.9 Å². The van der Waals surface area contributed by atoms with Crippen molar-refractivity contribution < 1.29 is 4.74 Å². The fourth-order valence-electron chi connectivity index (χ4n) is 3.09. The zero-order chi connectivity index (χ0) is 16.3. The molecule has 1 aliphatic rings. The lowest BCUT2D eigenvalue weighted by molar-refractivity contribution is 0.258. The normalized spacial score (nSPS) is 18.1. The average Bonchev–Trinajstić information content (AvgIpc) is 3.08. The molecule has 1 aliphatic heterocycles. The van der Waals surface area contributed by atoms with Crippen molar-refractivity contribution >= 4 is 15.9 Å². The van der Waals surface area contributed by atoms with Gasteiger partial charge in [-0.2, -0.15) is 0 Å². The summed E-state index contributed by atoms with van der Waals surface area (Å²) in [5, 5.41) is 3.38. The Morgan fingerprint density at radius 2 is 1.91 bits per heavy atom. The quantitative estimate of drug-likeness (QED) is 0.815. The number of hydrogen-bond acceptors (Lipinski definition) is 2. The van der Waals surface area contributed by atoms with Crippen molar-refractivity contribution in [1.29, 1.82) is 0 Å². The second-order valence-electron chi connectivity index (χ2n) is 6.81. The Morgan fingerprint density at radius 3 is 2.57 bits per heavy atom. The highest BCUT2D eigenvalue weighted by Gasteiger charge is 2.24. The summed E-state index contributed by atoms with van der Waals surface area (Å²) in [6, 6.07) is 17.1. The predicted octanol–water partition coefficient (Wildman–Crippen LogP) is 4.76. The molecule has 2 aromatic rings. The summed E-state index contributed by atoms with van der Waals surface area (Å²) >= 11 is 3.68. The standard InChI is InChI=1S/C20H24BrNO/c1-20(2,16-6-4-3-5-7-16)17-8-9-19(18(21)12-17)23-14-15-10-11-22-13-15/h3-9,12,15,22H,10-11,13-14H2,1-2H3. The maximum Gasteiger partial charge on any atom is 0.133 e. The van der Waals surface area contributed by atoms with E-state index >= 15 is 0 Å². The minimum Gasteiger partial charge on any atom is -0.492 e. The molecule has 1 unspecified atom stereocenters. The van der Waals surface area contributed by atoms with Gasteiger partial charge in [-0.25, -0.2) is 0 Å². The van der Waals surface area contributed by atoms with Crippen LogP contribution in [0, 0.1) is 5.92 Å². The fraction of sp³-hybridized carbons (Fsp3) is 0.400. The highest BCUT2D eigenvalue weighted by molar-refractivity contribution is 9.10. The summed E-state index contributed by atoms with van der Waals surface area (Å²) in [6.45, 7) is 7.48. The van der Waals surface area contributed by atoms with Crippen molar-refractivity contribution in [2.45, 2.75) is 25.7 Å². The van der Waals surface area contributed by atoms with E-state index in [-0.39, 0.29) is 5.41 Å². The lowest BCUT2D eigenvalue weighted by atomic mass is 9.78. The molecule has 0 amide bonds.